The molecule has 0 bridgehead atoms. The minimum absolute atomic E-state index is 0.125. The first-order chi connectivity index (χ1) is 11.7. The van der Waals surface area contributed by atoms with E-state index in [0.717, 1.165) is 19.6 Å². The van der Waals surface area contributed by atoms with Crippen LogP contribution in [0.2, 0.25) is 0 Å². The van der Waals surface area contributed by atoms with Gasteiger partial charge < -0.3 is 25.4 Å². The van der Waals surface area contributed by atoms with Gasteiger partial charge in [0.05, 0.1) is 12.7 Å². The molecule has 1 aromatic carbocycles. The van der Waals surface area contributed by atoms with Crippen molar-refractivity contribution in [3.8, 4) is 11.5 Å². The molecule has 0 radical (unpaired) electrons. The van der Waals surface area contributed by atoms with Crippen molar-refractivity contribution in [2.24, 2.45) is 5.73 Å². The van der Waals surface area contributed by atoms with Crippen LogP contribution in [-0.2, 0) is 0 Å². The van der Waals surface area contributed by atoms with E-state index in [-0.39, 0.29) is 5.91 Å². The molecule has 1 fully saturated rings. The van der Waals surface area contributed by atoms with E-state index in [1.165, 1.54) is 25.7 Å². The molecule has 1 amide bonds. The lowest BCUT2D eigenvalue weighted by Gasteiger charge is -2.20. The predicted octanol–water partition coefficient (Wildman–Crippen LogP) is 1.64. The first-order valence-corrected chi connectivity index (χ1v) is 8.76. The lowest BCUT2D eigenvalue weighted by Crippen LogP contribution is -2.35. The number of ether oxygens (including phenoxy) is 2. The lowest BCUT2D eigenvalue weighted by atomic mass is 10.1. The molecule has 1 heterocycles. The number of amides is 1. The third kappa shape index (κ3) is 5.69. The molecule has 1 aliphatic rings. The van der Waals surface area contributed by atoms with Crippen LogP contribution in [0.3, 0.4) is 0 Å². The number of carbonyl (C=O) groups excluding carboxylic acids is 1. The van der Waals surface area contributed by atoms with Crippen molar-refractivity contribution in [2.45, 2.75) is 25.7 Å². The third-order valence-electron chi connectivity index (χ3n) is 4.22. The van der Waals surface area contributed by atoms with Gasteiger partial charge in [-0.05, 0) is 38.1 Å². The Hall–Kier alpha value is -1.79. The van der Waals surface area contributed by atoms with Crippen LogP contribution >= 0.6 is 0 Å². The number of nitrogens with one attached hydrogen (secondary N) is 1. The molecule has 6 heteroatoms. The van der Waals surface area contributed by atoms with Crippen LogP contribution in [0.25, 0.3) is 0 Å². The summed E-state index contributed by atoms with van der Waals surface area (Å²) in [5.74, 6) is 1.04. The Labute approximate surface area is 144 Å². The summed E-state index contributed by atoms with van der Waals surface area (Å²) < 4.78 is 10.8. The second-order valence-corrected chi connectivity index (χ2v) is 6.01. The van der Waals surface area contributed by atoms with Gasteiger partial charge in [0.2, 0.25) is 0 Å². The Bertz CT molecular complexity index is 514. The topological polar surface area (TPSA) is 76.8 Å². The number of carbonyl (C=O) groups is 1. The van der Waals surface area contributed by atoms with Crippen molar-refractivity contribution in [1.82, 2.24) is 10.2 Å². The van der Waals surface area contributed by atoms with Crippen LogP contribution in [0.4, 0.5) is 0 Å². The van der Waals surface area contributed by atoms with Crippen LogP contribution in [0.5, 0.6) is 11.5 Å². The number of nitrogens with two attached hydrogens (primary N) is 1. The molecule has 0 unspecified atom stereocenters. The highest BCUT2D eigenvalue weighted by Gasteiger charge is 2.14. The van der Waals surface area contributed by atoms with Crippen molar-refractivity contribution < 1.29 is 14.3 Å². The van der Waals surface area contributed by atoms with Gasteiger partial charge in [-0.25, -0.2) is 0 Å². The zero-order chi connectivity index (χ0) is 17.2. The Morgan fingerprint density at radius 1 is 1.25 bits per heavy atom. The summed E-state index contributed by atoms with van der Waals surface area (Å²) in [6.45, 7) is 4.54. The average Bonchev–Trinajstić information content (AvgIpc) is 2.88. The molecule has 0 saturated carbocycles. The van der Waals surface area contributed by atoms with Crippen molar-refractivity contribution in [2.75, 3.05) is 46.4 Å². The molecule has 2 rings (SSSR count). The molecule has 0 aliphatic carbocycles. The second kappa shape index (κ2) is 10.2. The standard InChI is InChI=1S/C18H29N3O3/c1-23-15-6-7-16(17(14-15)24-13-8-19)18(22)20-9-12-21-10-4-2-3-5-11-21/h6-7,14H,2-5,8-13,19H2,1H3,(H,20,22). The van der Waals surface area contributed by atoms with Gasteiger partial charge in [-0.15, -0.1) is 0 Å². The number of hydrogen-bond acceptors (Lipinski definition) is 5. The molecule has 3 N–H and O–H groups in total. The van der Waals surface area contributed by atoms with Gasteiger partial charge in [0.1, 0.15) is 18.1 Å². The van der Waals surface area contributed by atoms with Gasteiger partial charge in [0.25, 0.3) is 5.91 Å². The first-order valence-electron chi connectivity index (χ1n) is 8.76. The zero-order valence-electron chi connectivity index (χ0n) is 14.6. The fraction of sp³-hybridized carbons (Fsp3) is 0.611. The summed E-state index contributed by atoms with van der Waals surface area (Å²) in [6.07, 6.45) is 5.14. The van der Waals surface area contributed by atoms with Gasteiger partial charge in [0.15, 0.2) is 0 Å². The number of benzene rings is 1. The Morgan fingerprint density at radius 3 is 2.67 bits per heavy atom. The molecule has 0 atom stereocenters. The first kappa shape index (κ1) is 18.5. The van der Waals surface area contributed by atoms with E-state index in [1.807, 2.05) is 0 Å². The minimum Gasteiger partial charge on any atom is -0.497 e. The molecule has 134 valence electrons. The maximum Gasteiger partial charge on any atom is 0.255 e. The highest BCUT2D eigenvalue weighted by atomic mass is 16.5. The molecule has 1 saturated heterocycles. The van der Waals surface area contributed by atoms with Gasteiger partial charge >= 0.3 is 0 Å². The maximum atomic E-state index is 12.5. The number of hydrogen-bond donors (Lipinski definition) is 2. The zero-order valence-corrected chi connectivity index (χ0v) is 14.6. The van der Waals surface area contributed by atoms with Gasteiger partial charge in [0, 0.05) is 25.7 Å². The lowest BCUT2D eigenvalue weighted by molar-refractivity contribution is 0.0944. The second-order valence-electron chi connectivity index (χ2n) is 6.01. The predicted molar refractivity (Wildman–Crippen MR) is 94.8 cm³/mol. The van der Waals surface area contributed by atoms with E-state index < -0.39 is 0 Å². The summed E-state index contributed by atoms with van der Waals surface area (Å²) in [5, 5.41) is 2.99. The van der Waals surface area contributed by atoms with E-state index in [9.17, 15) is 4.79 Å². The summed E-state index contributed by atoms with van der Waals surface area (Å²) in [4.78, 5) is 14.9. The SMILES string of the molecule is COc1ccc(C(=O)NCCN2CCCCCC2)c(OCCN)c1. The van der Waals surface area contributed by atoms with Crippen LogP contribution in [0.1, 0.15) is 36.0 Å². The number of rotatable bonds is 8. The highest BCUT2D eigenvalue weighted by Crippen LogP contribution is 2.24. The number of likely N-dealkylation sites (tertiary alicyclic amines) is 1. The van der Waals surface area contributed by atoms with Crippen molar-refractivity contribution in [1.29, 1.82) is 0 Å². The fourth-order valence-electron chi connectivity index (χ4n) is 2.89. The molecule has 0 aromatic heterocycles. The molecule has 24 heavy (non-hydrogen) atoms. The molecule has 1 aromatic rings. The smallest absolute Gasteiger partial charge is 0.255 e. The van der Waals surface area contributed by atoms with Gasteiger partial charge in [-0.3, -0.25) is 4.79 Å². The Morgan fingerprint density at radius 2 is 2.00 bits per heavy atom. The molecular weight excluding hydrogens is 306 g/mol. The van der Waals surface area contributed by atoms with Gasteiger partial charge in [-0.2, -0.15) is 0 Å². The molecule has 1 aliphatic heterocycles. The van der Waals surface area contributed by atoms with Crippen molar-refractivity contribution >= 4 is 5.91 Å². The highest BCUT2D eigenvalue weighted by molar-refractivity contribution is 5.97. The maximum absolute atomic E-state index is 12.5. The Kier molecular flexibility index (Phi) is 7.85. The number of methoxy groups -OCH3 is 1. The fourth-order valence-corrected chi connectivity index (χ4v) is 2.89. The van der Waals surface area contributed by atoms with Crippen LogP contribution in [0.15, 0.2) is 18.2 Å². The van der Waals surface area contributed by atoms with E-state index >= 15 is 0 Å². The normalized spacial score (nSPS) is 15.6. The summed E-state index contributed by atoms with van der Waals surface area (Å²) in [5.41, 5.74) is 6.00. The molecule has 6 nitrogen and oxygen atoms in total. The van der Waals surface area contributed by atoms with Crippen molar-refractivity contribution in [3.63, 3.8) is 0 Å². The largest absolute Gasteiger partial charge is 0.497 e. The minimum atomic E-state index is -0.125. The van der Waals surface area contributed by atoms with Gasteiger partial charge in [-0.1, -0.05) is 12.8 Å². The number of nitrogens with zero attached hydrogens (tertiary/aromatic N) is 1. The van der Waals surface area contributed by atoms with Crippen LogP contribution < -0.4 is 20.5 Å². The summed E-state index contributed by atoms with van der Waals surface area (Å²) in [6, 6.07) is 5.21. The van der Waals surface area contributed by atoms with E-state index in [0.29, 0.717) is 36.8 Å². The van der Waals surface area contributed by atoms with Crippen LogP contribution in [-0.4, -0.2) is 57.2 Å². The monoisotopic (exact) mass is 335 g/mol. The third-order valence-corrected chi connectivity index (χ3v) is 4.22. The van der Waals surface area contributed by atoms with E-state index in [1.54, 1.807) is 25.3 Å². The summed E-state index contributed by atoms with van der Waals surface area (Å²) >= 11 is 0. The Balaban J connectivity index is 1.90. The molecular formula is C18H29N3O3. The van der Waals surface area contributed by atoms with Crippen molar-refractivity contribution in [3.05, 3.63) is 23.8 Å². The van der Waals surface area contributed by atoms with Crippen LogP contribution in [0, 0.1) is 0 Å². The summed E-state index contributed by atoms with van der Waals surface area (Å²) in [7, 11) is 1.59. The average molecular weight is 335 g/mol. The quantitative estimate of drug-likeness (QED) is 0.755. The van der Waals surface area contributed by atoms with E-state index in [4.69, 9.17) is 15.2 Å². The van der Waals surface area contributed by atoms with E-state index in [2.05, 4.69) is 10.2 Å². The molecule has 0 spiro atoms.